The number of amides is 1. The van der Waals surface area contributed by atoms with Crippen LogP contribution in [0, 0.1) is 6.92 Å². The average Bonchev–Trinajstić information content (AvgIpc) is 3.27. The van der Waals surface area contributed by atoms with Crippen LogP contribution in [0.25, 0.3) is 17.4 Å². The van der Waals surface area contributed by atoms with E-state index >= 15 is 0 Å². The van der Waals surface area contributed by atoms with Crippen LogP contribution in [0.4, 0.5) is 5.69 Å². The van der Waals surface area contributed by atoms with Gasteiger partial charge in [0.25, 0.3) is 5.91 Å². The number of amidine groups is 1. The zero-order valence-corrected chi connectivity index (χ0v) is 18.0. The second kappa shape index (κ2) is 8.11. The van der Waals surface area contributed by atoms with Crippen molar-refractivity contribution < 1.29 is 9.21 Å². The van der Waals surface area contributed by atoms with Gasteiger partial charge >= 0.3 is 0 Å². The van der Waals surface area contributed by atoms with Gasteiger partial charge in [0, 0.05) is 18.7 Å². The third-order valence-corrected chi connectivity index (χ3v) is 6.17. The van der Waals surface area contributed by atoms with Gasteiger partial charge < -0.3 is 4.42 Å². The van der Waals surface area contributed by atoms with Gasteiger partial charge in [0.1, 0.15) is 11.5 Å². The third-order valence-electron chi connectivity index (χ3n) is 4.37. The van der Waals surface area contributed by atoms with E-state index in [0.29, 0.717) is 31.6 Å². The Balaban J connectivity index is 1.58. The summed E-state index contributed by atoms with van der Waals surface area (Å²) in [5, 5.41) is 1.57. The number of benzene rings is 2. The van der Waals surface area contributed by atoms with E-state index in [2.05, 4.69) is 4.99 Å². The van der Waals surface area contributed by atoms with Gasteiger partial charge in [0.2, 0.25) is 0 Å². The summed E-state index contributed by atoms with van der Waals surface area (Å²) in [6, 6.07) is 16.8. The van der Waals surface area contributed by atoms with E-state index in [1.807, 2.05) is 49.4 Å². The van der Waals surface area contributed by atoms with Crippen LogP contribution >= 0.6 is 35.0 Å². The molecule has 0 radical (unpaired) electrons. The summed E-state index contributed by atoms with van der Waals surface area (Å²) in [7, 11) is 1.71. The summed E-state index contributed by atoms with van der Waals surface area (Å²) in [5.41, 5.74) is 2.78. The van der Waals surface area contributed by atoms with Crippen molar-refractivity contribution in [1.82, 2.24) is 4.90 Å². The monoisotopic (exact) mass is 442 g/mol. The van der Waals surface area contributed by atoms with Crippen molar-refractivity contribution in [2.75, 3.05) is 7.05 Å². The lowest BCUT2D eigenvalue weighted by Crippen LogP contribution is -2.23. The first-order chi connectivity index (χ1) is 13.9. The van der Waals surface area contributed by atoms with Crippen LogP contribution in [-0.2, 0) is 4.79 Å². The summed E-state index contributed by atoms with van der Waals surface area (Å²) in [4.78, 5) is 19.3. The molecule has 1 aliphatic heterocycles. The van der Waals surface area contributed by atoms with E-state index in [9.17, 15) is 4.79 Å². The van der Waals surface area contributed by atoms with Gasteiger partial charge in [-0.15, -0.1) is 0 Å². The van der Waals surface area contributed by atoms with E-state index < -0.39 is 0 Å². The molecule has 0 aliphatic carbocycles. The molecule has 1 saturated heterocycles. The summed E-state index contributed by atoms with van der Waals surface area (Å²) in [6.07, 6.45) is 1.72. The van der Waals surface area contributed by atoms with Crippen molar-refractivity contribution >= 4 is 57.8 Å². The molecule has 1 aliphatic rings. The average molecular weight is 443 g/mol. The zero-order chi connectivity index (χ0) is 20.5. The van der Waals surface area contributed by atoms with E-state index in [1.165, 1.54) is 11.8 Å². The van der Waals surface area contributed by atoms with Crippen LogP contribution in [0.5, 0.6) is 0 Å². The standard InChI is InChI=1S/C22H16Cl2N2O2S/c1-13-3-6-15(7-4-13)25-22-26(2)21(27)20(29-22)12-16-8-10-19(28-16)14-5-9-17(23)18(24)11-14/h3-12H,1-2H3/b20-12+,25-22?. The molecule has 0 atom stereocenters. The first-order valence-corrected chi connectivity index (χ1v) is 10.4. The predicted molar refractivity (Wildman–Crippen MR) is 121 cm³/mol. The number of likely N-dealkylation sites (N-methyl/N-ethyl adjacent to an activating group) is 1. The highest BCUT2D eigenvalue weighted by molar-refractivity contribution is 8.18. The van der Waals surface area contributed by atoms with Crippen molar-refractivity contribution in [3.63, 3.8) is 0 Å². The highest BCUT2D eigenvalue weighted by atomic mass is 35.5. The van der Waals surface area contributed by atoms with Crippen LogP contribution in [0.15, 0.2) is 68.9 Å². The fourth-order valence-electron chi connectivity index (χ4n) is 2.75. The predicted octanol–water partition coefficient (Wildman–Crippen LogP) is 6.80. The Bertz CT molecular complexity index is 1150. The zero-order valence-electron chi connectivity index (χ0n) is 15.6. The fourth-order valence-corrected chi connectivity index (χ4v) is 4.01. The quantitative estimate of drug-likeness (QED) is 0.419. The highest BCUT2D eigenvalue weighted by Gasteiger charge is 2.30. The Kier molecular flexibility index (Phi) is 5.54. The lowest BCUT2D eigenvalue weighted by Gasteiger charge is -2.07. The smallest absolute Gasteiger partial charge is 0.266 e. The van der Waals surface area contributed by atoms with Gasteiger partial charge in [-0.1, -0.05) is 40.9 Å². The van der Waals surface area contributed by atoms with E-state index in [0.717, 1.165) is 16.8 Å². The second-order valence-corrected chi connectivity index (χ2v) is 8.36. The minimum atomic E-state index is -0.117. The molecule has 4 rings (SSSR count). The molecule has 0 saturated carbocycles. The van der Waals surface area contributed by atoms with Crippen molar-refractivity contribution in [2.24, 2.45) is 4.99 Å². The van der Waals surface area contributed by atoms with Gasteiger partial charge in [0.05, 0.1) is 20.6 Å². The number of carbonyl (C=O) groups is 1. The largest absolute Gasteiger partial charge is 0.457 e. The van der Waals surface area contributed by atoms with Crippen LogP contribution in [0.1, 0.15) is 11.3 Å². The Morgan fingerprint density at radius 1 is 1.03 bits per heavy atom. The van der Waals surface area contributed by atoms with Crippen LogP contribution in [0.2, 0.25) is 10.0 Å². The molecule has 146 valence electrons. The lowest BCUT2D eigenvalue weighted by atomic mass is 10.2. The maximum Gasteiger partial charge on any atom is 0.266 e. The van der Waals surface area contributed by atoms with E-state index in [1.54, 1.807) is 30.2 Å². The van der Waals surface area contributed by atoms with Crippen molar-refractivity contribution in [3.05, 3.63) is 80.9 Å². The van der Waals surface area contributed by atoms with Gasteiger partial charge in [-0.2, -0.15) is 0 Å². The van der Waals surface area contributed by atoms with Crippen LogP contribution in [-0.4, -0.2) is 23.0 Å². The van der Waals surface area contributed by atoms with Crippen LogP contribution in [0.3, 0.4) is 0 Å². The molecule has 1 aromatic heterocycles. The fraction of sp³-hybridized carbons (Fsp3) is 0.0909. The maximum atomic E-state index is 12.6. The van der Waals surface area contributed by atoms with Crippen LogP contribution < -0.4 is 0 Å². The van der Waals surface area contributed by atoms with Gasteiger partial charge in [-0.25, -0.2) is 4.99 Å². The molecule has 0 unspecified atom stereocenters. The summed E-state index contributed by atoms with van der Waals surface area (Å²) < 4.78 is 5.87. The first-order valence-electron chi connectivity index (χ1n) is 8.79. The Morgan fingerprint density at radius 3 is 2.52 bits per heavy atom. The third kappa shape index (κ3) is 4.27. The minimum Gasteiger partial charge on any atom is -0.457 e. The molecule has 2 aromatic carbocycles. The summed E-state index contributed by atoms with van der Waals surface area (Å²) >= 11 is 13.4. The van der Waals surface area contributed by atoms with Gasteiger partial charge in [0.15, 0.2) is 5.17 Å². The first kappa shape index (κ1) is 19.8. The number of thioether (sulfide) groups is 1. The van der Waals surface area contributed by atoms with E-state index in [4.69, 9.17) is 27.6 Å². The van der Waals surface area contributed by atoms with Gasteiger partial charge in [-0.05, 0) is 61.2 Å². The number of aliphatic imine (C=N–C) groups is 1. The number of halogens is 2. The number of hydrogen-bond acceptors (Lipinski definition) is 4. The summed E-state index contributed by atoms with van der Waals surface area (Å²) in [6.45, 7) is 2.02. The van der Waals surface area contributed by atoms with Crippen molar-refractivity contribution in [1.29, 1.82) is 0 Å². The SMILES string of the molecule is Cc1ccc(N=C2S/C(=C/c3ccc(-c4ccc(Cl)c(Cl)c4)o3)C(=O)N2C)cc1. The molecule has 0 spiro atoms. The normalized spacial score (nSPS) is 17.0. The van der Waals surface area contributed by atoms with E-state index in [-0.39, 0.29) is 5.91 Å². The number of rotatable bonds is 3. The molecule has 4 nitrogen and oxygen atoms in total. The van der Waals surface area contributed by atoms with Crippen molar-refractivity contribution in [2.45, 2.75) is 6.92 Å². The highest BCUT2D eigenvalue weighted by Crippen LogP contribution is 2.35. The van der Waals surface area contributed by atoms with Gasteiger partial charge in [-0.3, -0.25) is 9.69 Å². The molecule has 0 bridgehead atoms. The number of furan rings is 1. The Morgan fingerprint density at radius 2 is 1.79 bits per heavy atom. The molecule has 1 amide bonds. The van der Waals surface area contributed by atoms with Crippen molar-refractivity contribution in [3.8, 4) is 11.3 Å². The minimum absolute atomic E-state index is 0.117. The number of nitrogens with zero attached hydrogens (tertiary/aromatic N) is 2. The molecule has 7 heteroatoms. The Hall–Kier alpha value is -2.47. The second-order valence-electron chi connectivity index (χ2n) is 6.54. The molecule has 0 N–H and O–H groups in total. The number of aryl methyl sites for hydroxylation is 1. The maximum absolute atomic E-state index is 12.6. The number of carbonyl (C=O) groups excluding carboxylic acids is 1. The molecule has 3 aromatic rings. The molecule has 1 fully saturated rings. The molecule has 2 heterocycles. The number of hydrogen-bond donors (Lipinski definition) is 0. The molecular formula is C22H16Cl2N2O2S. The lowest BCUT2D eigenvalue weighted by molar-refractivity contribution is -0.121. The summed E-state index contributed by atoms with van der Waals surface area (Å²) in [5.74, 6) is 1.10. The Labute approximate surface area is 182 Å². The topological polar surface area (TPSA) is 45.8 Å². The molecule has 29 heavy (non-hydrogen) atoms. The molecular weight excluding hydrogens is 427 g/mol.